The van der Waals surface area contributed by atoms with Gasteiger partial charge in [-0.05, 0) is 26.2 Å². The molecule has 1 saturated carbocycles. The van der Waals surface area contributed by atoms with Crippen LogP contribution in [0.4, 0.5) is 0 Å². The Morgan fingerprint density at radius 2 is 1.93 bits per heavy atom. The monoisotopic (exact) mass is 507 g/mol. The summed E-state index contributed by atoms with van der Waals surface area (Å²) in [6, 6.07) is 0. The van der Waals surface area contributed by atoms with Gasteiger partial charge < -0.3 is 16.0 Å². The minimum absolute atomic E-state index is 0. The van der Waals surface area contributed by atoms with Crippen LogP contribution in [0.5, 0.6) is 0 Å². The summed E-state index contributed by atoms with van der Waals surface area (Å²) in [5.41, 5.74) is 0. The van der Waals surface area contributed by atoms with Crippen molar-refractivity contribution >= 4 is 47.2 Å². The number of guanidine groups is 1. The number of halogens is 1. The van der Waals surface area contributed by atoms with Gasteiger partial charge in [0, 0.05) is 49.6 Å². The van der Waals surface area contributed by atoms with Gasteiger partial charge in [0.15, 0.2) is 5.96 Å². The zero-order valence-electron chi connectivity index (χ0n) is 16.6. The number of hydrogen-bond donors (Lipinski definition) is 3. The first-order chi connectivity index (χ1) is 12.7. The van der Waals surface area contributed by atoms with Gasteiger partial charge in [0.25, 0.3) is 0 Å². The lowest BCUT2D eigenvalue weighted by molar-refractivity contribution is -0.125. The molecule has 0 saturated heterocycles. The first kappa shape index (κ1) is 24.1. The summed E-state index contributed by atoms with van der Waals surface area (Å²) in [5.74, 6) is 1.23. The summed E-state index contributed by atoms with van der Waals surface area (Å²) in [6.45, 7) is 7.04. The third kappa shape index (κ3) is 9.23. The van der Waals surface area contributed by atoms with Crippen LogP contribution in [-0.2, 0) is 17.6 Å². The molecule has 2 rings (SSSR count). The molecule has 1 fully saturated rings. The van der Waals surface area contributed by atoms with Crippen molar-refractivity contribution in [2.24, 2.45) is 10.9 Å². The number of aryl methyl sites for hydroxylation is 1. The number of hydrogen-bond acceptors (Lipinski definition) is 4. The Labute approximate surface area is 184 Å². The van der Waals surface area contributed by atoms with Gasteiger partial charge in [0.1, 0.15) is 0 Å². The van der Waals surface area contributed by atoms with E-state index in [0.717, 1.165) is 43.2 Å². The first-order valence-electron chi connectivity index (χ1n) is 9.96. The van der Waals surface area contributed by atoms with E-state index < -0.39 is 0 Å². The smallest absolute Gasteiger partial charge is 0.223 e. The van der Waals surface area contributed by atoms with Gasteiger partial charge in [-0.3, -0.25) is 9.79 Å². The Kier molecular flexibility index (Phi) is 12.6. The molecule has 0 aromatic carbocycles. The molecule has 3 N–H and O–H groups in total. The van der Waals surface area contributed by atoms with Gasteiger partial charge in [-0.2, -0.15) is 0 Å². The highest BCUT2D eigenvalue weighted by Crippen LogP contribution is 2.23. The van der Waals surface area contributed by atoms with E-state index in [2.05, 4.69) is 39.8 Å². The van der Waals surface area contributed by atoms with Crippen LogP contribution < -0.4 is 16.0 Å². The molecule has 1 amide bonds. The molecule has 154 valence electrons. The molecule has 0 unspecified atom stereocenters. The van der Waals surface area contributed by atoms with Crippen LogP contribution >= 0.6 is 35.3 Å². The molecule has 1 heterocycles. The maximum atomic E-state index is 12.1. The van der Waals surface area contributed by atoms with Gasteiger partial charge >= 0.3 is 0 Å². The Morgan fingerprint density at radius 3 is 2.59 bits per heavy atom. The van der Waals surface area contributed by atoms with Crippen LogP contribution in [0.3, 0.4) is 0 Å². The van der Waals surface area contributed by atoms with Crippen LogP contribution in [0, 0.1) is 5.92 Å². The normalized spacial score (nSPS) is 15.1. The van der Waals surface area contributed by atoms with Crippen molar-refractivity contribution in [1.82, 2.24) is 20.9 Å². The topological polar surface area (TPSA) is 78.4 Å². The van der Waals surface area contributed by atoms with E-state index in [1.165, 1.54) is 24.1 Å². The molecule has 0 atom stereocenters. The number of nitrogens with zero attached hydrogens (tertiary/aromatic N) is 2. The highest BCUT2D eigenvalue weighted by atomic mass is 127. The number of nitrogens with one attached hydrogen (secondary N) is 3. The molecule has 8 heteroatoms. The number of aromatic nitrogens is 1. The second kappa shape index (κ2) is 14.1. The average molecular weight is 507 g/mol. The summed E-state index contributed by atoms with van der Waals surface area (Å²) >= 11 is 1.77. The highest BCUT2D eigenvalue weighted by molar-refractivity contribution is 14.0. The van der Waals surface area contributed by atoms with Crippen LogP contribution in [0.1, 0.15) is 55.8 Å². The van der Waals surface area contributed by atoms with Crippen molar-refractivity contribution in [1.29, 1.82) is 0 Å². The average Bonchev–Trinajstić information content (AvgIpc) is 3.13. The Hall–Kier alpha value is -0.900. The second-order valence-electron chi connectivity index (χ2n) is 6.64. The molecular formula is C19H34IN5OS. The number of carbonyl (C=O) groups is 1. The van der Waals surface area contributed by atoms with Crippen LogP contribution in [-0.4, -0.2) is 43.0 Å². The minimum atomic E-state index is 0. The van der Waals surface area contributed by atoms with Gasteiger partial charge in [0.2, 0.25) is 5.91 Å². The number of carbonyl (C=O) groups excluding carboxylic acids is 1. The summed E-state index contributed by atoms with van der Waals surface area (Å²) in [5, 5.41) is 10.7. The lowest BCUT2D eigenvalue weighted by Crippen LogP contribution is -2.42. The van der Waals surface area contributed by atoms with E-state index in [1.807, 2.05) is 6.20 Å². The van der Waals surface area contributed by atoms with Crippen LogP contribution in [0.25, 0.3) is 0 Å². The molecule has 0 spiro atoms. The molecule has 0 bridgehead atoms. The fourth-order valence-electron chi connectivity index (χ4n) is 3.11. The Morgan fingerprint density at radius 1 is 1.19 bits per heavy atom. The van der Waals surface area contributed by atoms with Gasteiger partial charge in [-0.15, -0.1) is 35.3 Å². The zero-order valence-corrected chi connectivity index (χ0v) is 19.7. The molecule has 1 aromatic heterocycles. The summed E-state index contributed by atoms with van der Waals surface area (Å²) < 4.78 is 0. The number of amides is 1. The lowest BCUT2D eigenvalue weighted by Gasteiger charge is -2.21. The van der Waals surface area contributed by atoms with E-state index in [0.29, 0.717) is 19.6 Å². The van der Waals surface area contributed by atoms with Gasteiger partial charge in [-0.1, -0.05) is 26.2 Å². The molecular weight excluding hydrogens is 473 g/mol. The van der Waals surface area contributed by atoms with Crippen LogP contribution in [0.2, 0.25) is 0 Å². The van der Waals surface area contributed by atoms with Crippen molar-refractivity contribution < 1.29 is 4.79 Å². The maximum absolute atomic E-state index is 12.1. The highest BCUT2D eigenvalue weighted by Gasteiger charge is 2.20. The molecule has 27 heavy (non-hydrogen) atoms. The fraction of sp³-hybridized carbons (Fsp3) is 0.737. The molecule has 1 aromatic rings. The summed E-state index contributed by atoms with van der Waals surface area (Å²) in [6.07, 6.45) is 9.59. The molecule has 0 aliphatic heterocycles. The van der Waals surface area contributed by atoms with Gasteiger partial charge in [-0.25, -0.2) is 4.98 Å². The predicted molar refractivity (Wildman–Crippen MR) is 124 cm³/mol. The predicted octanol–water partition coefficient (Wildman–Crippen LogP) is 3.12. The van der Waals surface area contributed by atoms with E-state index in [-0.39, 0.29) is 35.8 Å². The molecule has 6 nitrogen and oxygen atoms in total. The zero-order chi connectivity index (χ0) is 18.6. The van der Waals surface area contributed by atoms with Crippen molar-refractivity contribution in [2.75, 3.05) is 26.2 Å². The number of rotatable bonds is 9. The quantitative estimate of drug-likeness (QED) is 0.208. The van der Waals surface area contributed by atoms with E-state index in [1.54, 1.807) is 11.3 Å². The number of thiazole rings is 1. The minimum Gasteiger partial charge on any atom is -0.357 e. The summed E-state index contributed by atoms with van der Waals surface area (Å²) in [4.78, 5) is 22.5. The largest absolute Gasteiger partial charge is 0.357 e. The van der Waals surface area contributed by atoms with E-state index in [9.17, 15) is 4.79 Å². The van der Waals surface area contributed by atoms with Crippen molar-refractivity contribution in [2.45, 2.75) is 58.8 Å². The van der Waals surface area contributed by atoms with Crippen molar-refractivity contribution in [3.8, 4) is 0 Å². The van der Waals surface area contributed by atoms with Crippen molar-refractivity contribution in [3.63, 3.8) is 0 Å². The third-order valence-electron chi connectivity index (χ3n) is 4.58. The van der Waals surface area contributed by atoms with E-state index in [4.69, 9.17) is 0 Å². The Balaban J connectivity index is 0.00000364. The molecule has 1 aliphatic rings. The standard InChI is InChI=1S/C19H33N5OS.HI/c1-3-16-14-24-17(26-16)10-11-22-19(20-4-2)23-13-12-21-18(25)15-8-6-5-7-9-15;/h14-15H,3-13H2,1-2H3,(H,21,25)(H2,20,22,23);1H. The van der Waals surface area contributed by atoms with E-state index >= 15 is 0 Å². The number of aliphatic imine (C=N–C) groups is 1. The van der Waals surface area contributed by atoms with Gasteiger partial charge in [0.05, 0.1) is 5.01 Å². The molecule has 1 aliphatic carbocycles. The third-order valence-corrected chi connectivity index (χ3v) is 5.78. The maximum Gasteiger partial charge on any atom is 0.223 e. The molecule has 0 radical (unpaired) electrons. The lowest BCUT2D eigenvalue weighted by atomic mass is 9.89. The summed E-state index contributed by atoms with van der Waals surface area (Å²) in [7, 11) is 0. The van der Waals surface area contributed by atoms with Crippen molar-refractivity contribution in [3.05, 3.63) is 16.1 Å². The fourth-order valence-corrected chi connectivity index (χ4v) is 3.96. The second-order valence-corrected chi connectivity index (χ2v) is 7.84. The SMILES string of the molecule is CCNC(=NCCc1ncc(CC)s1)NCCNC(=O)C1CCCCC1.I. The van der Waals surface area contributed by atoms with Crippen LogP contribution in [0.15, 0.2) is 11.2 Å². The Bertz CT molecular complexity index is 572. The first-order valence-corrected chi connectivity index (χ1v) is 10.8.